The maximum absolute atomic E-state index is 13.5. The van der Waals surface area contributed by atoms with Gasteiger partial charge in [-0.1, -0.05) is 6.92 Å². The first kappa shape index (κ1) is 16.5. The Labute approximate surface area is 146 Å². The van der Waals surface area contributed by atoms with Crippen molar-refractivity contribution in [3.8, 4) is 0 Å². The quantitative estimate of drug-likeness (QED) is 0.839. The smallest absolute Gasteiger partial charge is 0.289 e. The van der Waals surface area contributed by atoms with Crippen LogP contribution < -0.4 is 0 Å². The van der Waals surface area contributed by atoms with E-state index in [9.17, 15) is 9.18 Å². The summed E-state index contributed by atoms with van der Waals surface area (Å²) in [5.41, 5.74) is 1.27. The fourth-order valence-corrected chi connectivity index (χ4v) is 4.04. The summed E-state index contributed by atoms with van der Waals surface area (Å²) in [6, 6.07) is 4.72. The van der Waals surface area contributed by atoms with Crippen LogP contribution in [0, 0.1) is 18.7 Å². The normalized spacial score (nSPS) is 25.0. The number of hydrogen-bond acceptors (Lipinski definition) is 4. The van der Waals surface area contributed by atoms with Crippen LogP contribution in [0.1, 0.15) is 23.0 Å². The van der Waals surface area contributed by atoms with E-state index in [-0.39, 0.29) is 11.7 Å². The number of halogens is 1. The zero-order valence-corrected chi connectivity index (χ0v) is 14.6. The molecule has 2 saturated heterocycles. The minimum absolute atomic E-state index is 0.100. The zero-order chi connectivity index (χ0) is 17.6. The van der Waals surface area contributed by atoms with Crippen molar-refractivity contribution in [2.75, 3.05) is 39.4 Å². The van der Waals surface area contributed by atoms with E-state index >= 15 is 0 Å². The van der Waals surface area contributed by atoms with Crippen molar-refractivity contribution in [3.63, 3.8) is 0 Å². The van der Waals surface area contributed by atoms with E-state index in [1.807, 2.05) is 11.8 Å². The van der Waals surface area contributed by atoms with Crippen LogP contribution in [0.2, 0.25) is 0 Å². The second-order valence-corrected chi connectivity index (χ2v) is 7.10. The molecule has 2 aromatic rings. The highest BCUT2D eigenvalue weighted by atomic mass is 19.1. The molecule has 0 radical (unpaired) electrons. The Morgan fingerprint density at radius 1 is 1.24 bits per heavy atom. The maximum Gasteiger partial charge on any atom is 0.289 e. The van der Waals surface area contributed by atoms with Crippen LogP contribution in [0.25, 0.3) is 11.0 Å². The Kier molecular flexibility index (Phi) is 4.25. The van der Waals surface area contributed by atoms with Gasteiger partial charge < -0.3 is 14.1 Å². The van der Waals surface area contributed by atoms with Crippen LogP contribution in [-0.2, 0) is 4.74 Å². The number of morpholine rings is 1. The molecule has 6 heteroatoms. The summed E-state index contributed by atoms with van der Waals surface area (Å²) in [5.74, 6) is 0.314. The predicted molar refractivity (Wildman–Crippen MR) is 92.2 cm³/mol. The second-order valence-electron chi connectivity index (χ2n) is 7.10. The van der Waals surface area contributed by atoms with E-state index < -0.39 is 0 Å². The molecule has 1 aromatic carbocycles. The molecular weight excluding hydrogens is 323 g/mol. The number of hydrogen-bond donors (Lipinski definition) is 0. The van der Waals surface area contributed by atoms with Crippen molar-refractivity contribution in [2.45, 2.75) is 19.9 Å². The van der Waals surface area contributed by atoms with Crippen LogP contribution in [-0.4, -0.2) is 61.1 Å². The highest BCUT2D eigenvalue weighted by Crippen LogP contribution is 2.29. The summed E-state index contributed by atoms with van der Waals surface area (Å²) in [6.07, 6.45) is 0. The molecule has 5 nitrogen and oxygen atoms in total. The summed E-state index contributed by atoms with van der Waals surface area (Å²) in [4.78, 5) is 17.3. The summed E-state index contributed by atoms with van der Waals surface area (Å²) in [6.45, 7) is 8.76. The predicted octanol–water partition coefficient (Wildman–Crippen LogP) is 2.67. The molecule has 2 aliphatic heterocycles. The Hall–Kier alpha value is -1.92. The number of likely N-dealkylation sites (tertiary alicyclic amines) is 1. The number of fused-ring (bicyclic) bond motifs is 1. The second kappa shape index (κ2) is 6.42. The van der Waals surface area contributed by atoms with Crippen molar-refractivity contribution in [3.05, 3.63) is 35.3 Å². The number of ether oxygens (including phenoxy) is 1. The topological polar surface area (TPSA) is 45.9 Å². The van der Waals surface area contributed by atoms with Gasteiger partial charge in [0.15, 0.2) is 5.76 Å². The van der Waals surface area contributed by atoms with Crippen molar-refractivity contribution >= 4 is 16.9 Å². The molecule has 4 rings (SSSR count). The van der Waals surface area contributed by atoms with Gasteiger partial charge in [-0.3, -0.25) is 9.69 Å². The Bertz CT molecular complexity index is 797. The minimum Gasteiger partial charge on any atom is -0.451 e. The van der Waals surface area contributed by atoms with E-state index in [0.717, 1.165) is 26.3 Å². The lowest BCUT2D eigenvalue weighted by atomic mass is 10.0. The molecule has 2 fully saturated rings. The number of nitrogens with zero attached hydrogens (tertiary/aromatic N) is 2. The van der Waals surface area contributed by atoms with Crippen LogP contribution in [0.15, 0.2) is 22.6 Å². The van der Waals surface area contributed by atoms with Gasteiger partial charge in [0.1, 0.15) is 11.4 Å². The molecule has 1 amide bonds. The lowest BCUT2D eigenvalue weighted by Gasteiger charge is -2.33. The molecule has 3 heterocycles. The van der Waals surface area contributed by atoms with Crippen LogP contribution in [0.5, 0.6) is 0 Å². The van der Waals surface area contributed by atoms with Gasteiger partial charge in [0.25, 0.3) is 5.91 Å². The van der Waals surface area contributed by atoms with Gasteiger partial charge in [0.05, 0.1) is 13.2 Å². The Morgan fingerprint density at radius 2 is 2.00 bits per heavy atom. The number of rotatable bonds is 2. The first-order chi connectivity index (χ1) is 12.0. The number of carbonyl (C=O) groups excluding carboxylic acids is 1. The van der Waals surface area contributed by atoms with Crippen LogP contribution in [0.3, 0.4) is 0 Å². The molecule has 134 valence electrons. The van der Waals surface area contributed by atoms with Crippen molar-refractivity contribution in [1.29, 1.82) is 0 Å². The fourth-order valence-electron chi connectivity index (χ4n) is 4.04. The van der Waals surface area contributed by atoms with Gasteiger partial charge in [-0.2, -0.15) is 0 Å². The Balaban J connectivity index is 1.56. The van der Waals surface area contributed by atoms with E-state index in [0.29, 0.717) is 47.3 Å². The third kappa shape index (κ3) is 2.93. The van der Waals surface area contributed by atoms with Gasteiger partial charge in [-0.05, 0) is 31.0 Å². The van der Waals surface area contributed by atoms with Crippen molar-refractivity contribution in [1.82, 2.24) is 9.80 Å². The molecule has 0 spiro atoms. The lowest BCUT2D eigenvalue weighted by molar-refractivity contribution is 0.0119. The fraction of sp³-hybridized carbons (Fsp3) is 0.526. The average Bonchev–Trinajstić information content (AvgIpc) is 3.16. The third-order valence-electron chi connectivity index (χ3n) is 5.47. The highest BCUT2D eigenvalue weighted by Gasteiger charge is 2.38. The van der Waals surface area contributed by atoms with E-state index in [1.165, 1.54) is 12.1 Å². The van der Waals surface area contributed by atoms with Crippen molar-refractivity contribution < 1.29 is 18.3 Å². The number of furan rings is 1. The molecular formula is C19H23FN2O3. The monoisotopic (exact) mass is 346 g/mol. The number of benzene rings is 1. The minimum atomic E-state index is -0.322. The highest BCUT2D eigenvalue weighted by molar-refractivity contribution is 5.99. The van der Waals surface area contributed by atoms with Gasteiger partial charge in [0, 0.05) is 43.2 Å². The SMILES string of the molecule is Cc1c(C(=O)N2CC(C)C(N3CCOCC3)C2)oc2ccc(F)cc12. The van der Waals surface area contributed by atoms with Gasteiger partial charge >= 0.3 is 0 Å². The molecule has 0 saturated carbocycles. The van der Waals surface area contributed by atoms with E-state index in [4.69, 9.17) is 9.15 Å². The van der Waals surface area contributed by atoms with Gasteiger partial charge in [0.2, 0.25) is 0 Å². The summed E-state index contributed by atoms with van der Waals surface area (Å²) in [7, 11) is 0. The molecule has 25 heavy (non-hydrogen) atoms. The summed E-state index contributed by atoms with van der Waals surface area (Å²) < 4.78 is 24.7. The largest absolute Gasteiger partial charge is 0.451 e. The molecule has 2 aliphatic rings. The lowest BCUT2D eigenvalue weighted by Crippen LogP contribution is -2.47. The van der Waals surface area contributed by atoms with Gasteiger partial charge in [-0.25, -0.2) is 4.39 Å². The van der Waals surface area contributed by atoms with Gasteiger partial charge in [-0.15, -0.1) is 0 Å². The standard InChI is InChI=1S/C19H23FN2O3/c1-12-10-22(11-16(12)21-5-7-24-8-6-21)19(23)18-13(2)15-9-14(20)3-4-17(15)25-18/h3-4,9,12,16H,5-8,10-11H2,1-2H3. The molecule has 0 N–H and O–H groups in total. The molecule has 0 aliphatic carbocycles. The molecule has 1 aromatic heterocycles. The maximum atomic E-state index is 13.5. The number of aryl methyl sites for hydroxylation is 1. The van der Waals surface area contributed by atoms with E-state index in [2.05, 4.69) is 11.8 Å². The van der Waals surface area contributed by atoms with E-state index in [1.54, 1.807) is 6.07 Å². The molecule has 2 unspecified atom stereocenters. The van der Waals surface area contributed by atoms with Crippen molar-refractivity contribution in [2.24, 2.45) is 5.92 Å². The number of amides is 1. The van der Waals surface area contributed by atoms with Crippen LogP contribution in [0.4, 0.5) is 4.39 Å². The molecule has 0 bridgehead atoms. The number of carbonyl (C=O) groups is 1. The summed E-state index contributed by atoms with van der Waals surface area (Å²) >= 11 is 0. The summed E-state index contributed by atoms with van der Waals surface area (Å²) in [5, 5.41) is 0.667. The Morgan fingerprint density at radius 3 is 2.76 bits per heavy atom. The van der Waals surface area contributed by atoms with Crippen LogP contribution >= 0.6 is 0 Å². The molecule has 2 atom stereocenters. The first-order valence-electron chi connectivity index (χ1n) is 8.84. The third-order valence-corrected chi connectivity index (χ3v) is 5.47. The first-order valence-corrected chi connectivity index (χ1v) is 8.84. The zero-order valence-electron chi connectivity index (χ0n) is 14.6. The average molecular weight is 346 g/mol.